The number of likely N-dealkylation sites (tertiary alicyclic amines) is 1. The third kappa shape index (κ3) is 4.26. The maximum Gasteiger partial charge on any atom is 0.573 e. The molecule has 2 fully saturated rings. The number of nitrogens with zero attached hydrogens (tertiary/aromatic N) is 2. The van der Waals surface area contributed by atoms with Crippen LogP contribution in [-0.4, -0.2) is 74.0 Å². The number of sulfonamides is 1. The molecule has 1 aromatic rings. The van der Waals surface area contributed by atoms with E-state index < -0.39 is 27.6 Å². The van der Waals surface area contributed by atoms with Gasteiger partial charge in [0.05, 0.1) is 12.9 Å². The quantitative estimate of drug-likeness (QED) is 0.791. The molecule has 1 amide bonds. The highest BCUT2D eigenvalue weighted by Gasteiger charge is 2.52. The Kier molecular flexibility index (Phi) is 5.36. The molecule has 0 radical (unpaired) electrons. The van der Waals surface area contributed by atoms with Crippen LogP contribution in [0.25, 0.3) is 0 Å². The minimum absolute atomic E-state index is 0.0566. The first-order valence-electron chi connectivity index (χ1n) is 8.65. The molecule has 3 rings (SSSR count). The molecule has 156 valence electrons. The van der Waals surface area contributed by atoms with E-state index in [2.05, 4.69) is 4.74 Å². The molecule has 28 heavy (non-hydrogen) atoms. The summed E-state index contributed by atoms with van der Waals surface area (Å²) in [4.78, 5) is 14.3. The van der Waals surface area contributed by atoms with Gasteiger partial charge in [0, 0.05) is 37.2 Å². The Morgan fingerprint density at radius 3 is 2.46 bits per heavy atom. The van der Waals surface area contributed by atoms with Crippen LogP contribution in [0.3, 0.4) is 0 Å². The number of carbonyl (C=O) groups is 1. The lowest BCUT2D eigenvalue weighted by Gasteiger charge is -2.43. The lowest BCUT2D eigenvalue weighted by atomic mass is 9.74. The van der Waals surface area contributed by atoms with E-state index in [0.29, 0.717) is 19.5 Å². The summed E-state index contributed by atoms with van der Waals surface area (Å²) in [6, 6.07) is 4.63. The second-order valence-corrected chi connectivity index (χ2v) is 9.34. The van der Waals surface area contributed by atoms with Crippen LogP contribution in [0, 0.1) is 11.3 Å². The van der Waals surface area contributed by atoms with Crippen molar-refractivity contribution < 1.29 is 36.2 Å². The zero-order chi connectivity index (χ0) is 20.7. The molecule has 7 nitrogen and oxygen atoms in total. The molecule has 2 atom stereocenters. The van der Waals surface area contributed by atoms with Crippen LogP contribution in [0.2, 0.25) is 0 Å². The van der Waals surface area contributed by atoms with Gasteiger partial charge in [0.1, 0.15) is 5.75 Å². The van der Waals surface area contributed by atoms with E-state index in [9.17, 15) is 31.5 Å². The SMILES string of the molecule is CS(=O)(=O)N1C[C@@H]2CCN(C(=O)c3ccc(OC(F)(F)F)cc3)C[C@]2(CO)C1. The van der Waals surface area contributed by atoms with Gasteiger partial charge in [-0.1, -0.05) is 0 Å². The highest BCUT2D eigenvalue weighted by atomic mass is 32.2. The van der Waals surface area contributed by atoms with Gasteiger partial charge in [-0.3, -0.25) is 4.79 Å². The van der Waals surface area contributed by atoms with E-state index in [-0.39, 0.29) is 37.1 Å². The van der Waals surface area contributed by atoms with Crippen LogP contribution in [-0.2, 0) is 10.0 Å². The van der Waals surface area contributed by atoms with Crippen LogP contribution in [0.5, 0.6) is 5.75 Å². The minimum Gasteiger partial charge on any atom is -0.406 e. The predicted octanol–water partition coefficient (Wildman–Crippen LogP) is 1.30. The van der Waals surface area contributed by atoms with Crippen LogP contribution in [0.4, 0.5) is 13.2 Å². The number of amides is 1. The third-order valence-electron chi connectivity index (χ3n) is 5.44. The van der Waals surface area contributed by atoms with Gasteiger partial charge < -0.3 is 14.7 Å². The first-order chi connectivity index (χ1) is 12.9. The molecule has 0 aliphatic carbocycles. The number of ether oxygens (including phenoxy) is 1. The summed E-state index contributed by atoms with van der Waals surface area (Å²) in [6.07, 6.45) is -3.16. The average Bonchev–Trinajstić information content (AvgIpc) is 3.00. The van der Waals surface area contributed by atoms with Crippen molar-refractivity contribution in [2.75, 3.05) is 39.0 Å². The molecule has 2 heterocycles. The van der Waals surface area contributed by atoms with Gasteiger partial charge in [0.15, 0.2) is 0 Å². The number of fused-ring (bicyclic) bond motifs is 1. The lowest BCUT2D eigenvalue weighted by Crippen LogP contribution is -2.52. The average molecular weight is 422 g/mol. The van der Waals surface area contributed by atoms with Crippen molar-refractivity contribution in [2.24, 2.45) is 11.3 Å². The lowest BCUT2D eigenvalue weighted by molar-refractivity contribution is -0.274. The Balaban J connectivity index is 1.74. The normalized spacial score (nSPS) is 26.2. The van der Waals surface area contributed by atoms with E-state index in [1.807, 2.05) is 0 Å². The highest BCUT2D eigenvalue weighted by molar-refractivity contribution is 7.88. The van der Waals surface area contributed by atoms with E-state index in [0.717, 1.165) is 18.4 Å². The summed E-state index contributed by atoms with van der Waals surface area (Å²) in [5.74, 6) is -0.865. The Bertz CT molecular complexity index is 843. The van der Waals surface area contributed by atoms with Crippen molar-refractivity contribution in [3.8, 4) is 5.75 Å². The first-order valence-corrected chi connectivity index (χ1v) is 10.5. The molecule has 11 heteroatoms. The maximum atomic E-state index is 12.8. The summed E-state index contributed by atoms with van der Waals surface area (Å²) in [6.45, 7) is 0.745. The predicted molar refractivity (Wildman–Crippen MR) is 93.1 cm³/mol. The second kappa shape index (κ2) is 7.20. The number of alkyl halides is 3. The smallest absolute Gasteiger partial charge is 0.406 e. The Hall–Kier alpha value is -1.85. The number of aliphatic hydroxyl groups excluding tert-OH is 1. The molecule has 1 N–H and O–H groups in total. The number of hydrogen-bond acceptors (Lipinski definition) is 5. The van der Waals surface area contributed by atoms with E-state index >= 15 is 0 Å². The summed E-state index contributed by atoms with van der Waals surface area (Å²) < 4.78 is 65.6. The number of rotatable bonds is 4. The molecule has 0 bridgehead atoms. The standard InChI is InChI=1S/C17H21F3N2O5S/c1-28(25,26)22-8-13-6-7-21(9-16(13,10-22)11-23)15(24)12-2-4-14(5-3-12)27-17(18,19)20/h2-5,13,23H,6-11H2,1H3/t13-,16+/m0/s1. The number of carbonyl (C=O) groups excluding carboxylic acids is 1. The van der Waals surface area contributed by atoms with Crippen LogP contribution < -0.4 is 4.74 Å². The summed E-state index contributed by atoms with van der Waals surface area (Å²) in [7, 11) is -3.41. The number of hydrogen-bond donors (Lipinski definition) is 1. The number of benzene rings is 1. The molecular weight excluding hydrogens is 401 g/mol. The van der Waals surface area contributed by atoms with Crippen LogP contribution >= 0.6 is 0 Å². The van der Waals surface area contributed by atoms with Crippen molar-refractivity contribution in [3.05, 3.63) is 29.8 Å². The molecule has 2 saturated heterocycles. The molecule has 0 spiro atoms. The van der Waals surface area contributed by atoms with Gasteiger partial charge in [0.2, 0.25) is 10.0 Å². The fourth-order valence-corrected chi connectivity index (χ4v) is 4.91. The summed E-state index contributed by atoms with van der Waals surface area (Å²) in [5, 5.41) is 9.97. The molecule has 0 aromatic heterocycles. The zero-order valence-corrected chi connectivity index (χ0v) is 16.0. The van der Waals surface area contributed by atoms with Crippen molar-refractivity contribution in [3.63, 3.8) is 0 Å². The molecule has 0 saturated carbocycles. The van der Waals surface area contributed by atoms with Crippen molar-refractivity contribution in [1.29, 1.82) is 0 Å². The Morgan fingerprint density at radius 2 is 1.93 bits per heavy atom. The maximum absolute atomic E-state index is 12.8. The number of piperidine rings is 1. The van der Waals surface area contributed by atoms with Crippen molar-refractivity contribution in [2.45, 2.75) is 12.8 Å². The molecule has 2 aliphatic heterocycles. The zero-order valence-electron chi connectivity index (χ0n) is 15.1. The number of halogens is 3. The van der Waals surface area contributed by atoms with Crippen molar-refractivity contribution >= 4 is 15.9 Å². The Labute approximate surface area is 160 Å². The fourth-order valence-electron chi connectivity index (χ4n) is 3.97. The van der Waals surface area contributed by atoms with Gasteiger partial charge in [-0.15, -0.1) is 13.2 Å². The molecule has 1 aromatic carbocycles. The molecular formula is C17H21F3N2O5S. The monoisotopic (exact) mass is 422 g/mol. The van der Waals surface area contributed by atoms with Gasteiger partial charge >= 0.3 is 6.36 Å². The third-order valence-corrected chi connectivity index (χ3v) is 6.66. The molecule has 0 unspecified atom stereocenters. The van der Waals surface area contributed by atoms with E-state index in [1.54, 1.807) is 0 Å². The van der Waals surface area contributed by atoms with E-state index in [4.69, 9.17) is 0 Å². The van der Waals surface area contributed by atoms with Crippen molar-refractivity contribution in [1.82, 2.24) is 9.21 Å². The summed E-state index contributed by atoms with van der Waals surface area (Å²) in [5.41, 5.74) is -0.546. The Morgan fingerprint density at radius 1 is 1.29 bits per heavy atom. The largest absolute Gasteiger partial charge is 0.573 e. The van der Waals surface area contributed by atoms with Crippen LogP contribution in [0.15, 0.2) is 24.3 Å². The van der Waals surface area contributed by atoms with E-state index in [1.165, 1.54) is 21.3 Å². The topological polar surface area (TPSA) is 87.2 Å². The minimum atomic E-state index is -4.81. The fraction of sp³-hybridized carbons (Fsp3) is 0.588. The first kappa shape index (κ1) is 20.9. The van der Waals surface area contributed by atoms with Crippen LogP contribution in [0.1, 0.15) is 16.8 Å². The second-order valence-electron chi connectivity index (χ2n) is 7.36. The molecule has 2 aliphatic rings. The summed E-state index contributed by atoms with van der Waals surface area (Å²) >= 11 is 0. The van der Waals surface area contributed by atoms with Gasteiger partial charge in [-0.25, -0.2) is 12.7 Å². The van der Waals surface area contributed by atoms with Gasteiger partial charge in [-0.05, 0) is 36.6 Å². The highest BCUT2D eigenvalue weighted by Crippen LogP contribution is 2.43. The van der Waals surface area contributed by atoms with Gasteiger partial charge in [0.25, 0.3) is 5.91 Å². The van der Waals surface area contributed by atoms with Gasteiger partial charge in [-0.2, -0.15) is 0 Å². The number of aliphatic hydroxyl groups is 1.